The normalized spacial score (nSPS) is 20.2. The number of aromatic nitrogens is 2. The second-order valence-corrected chi connectivity index (χ2v) is 7.94. The van der Waals surface area contributed by atoms with E-state index in [1.54, 1.807) is 22.3 Å². The highest BCUT2D eigenvalue weighted by molar-refractivity contribution is 7.08. The molecule has 1 saturated heterocycles. The van der Waals surface area contributed by atoms with Crippen LogP contribution in [-0.4, -0.2) is 51.2 Å². The van der Waals surface area contributed by atoms with E-state index in [4.69, 9.17) is 0 Å². The zero-order valence-electron chi connectivity index (χ0n) is 15.7. The number of amides is 3. The summed E-state index contributed by atoms with van der Waals surface area (Å²) in [6.07, 6.45) is 4.75. The first-order valence-electron chi connectivity index (χ1n) is 9.47. The summed E-state index contributed by atoms with van der Waals surface area (Å²) in [5.41, 5.74) is 3.05. The molecule has 2 aliphatic rings. The van der Waals surface area contributed by atoms with Crippen LogP contribution in [0.15, 0.2) is 53.6 Å². The summed E-state index contributed by atoms with van der Waals surface area (Å²) in [6, 6.07) is 6.16. The largest absolute Gasteiger partial charge is 0.345 e. The van der Waals surface area contributed by atoms with Crippen molar-refractivity contribution in [2.24, 2.45) is 0 Å². The first-order valence-corrected chi connectivity index (χ1v) is 10.4. The highest BCUT2D eigenvalue weighted by atomic mass is 32.1. The van der Waals surface area contributed by atoms with E-state index in [1.165, 1.54) is 18.6 Å². The summed E-state index contributed by atoms with van der Waals surface area (Å²) in [6.45, 7) is 0.379. The van der Waals surface area contributed by atoms with Crippen molar-refractivity contribution in [3.63, 3.8) is 0 Å². The predicted molar refractivity (Wildman–Crippen MR) is 111 cm³/mol. The maximum atomic E-state index is 13.3. The number of carbonyl (C=O) groups excluding carboxylic acids is 3. The zero-order chi connectivity index (χ0) is 20.7. The fourth-order valence-electron chi connectivity index (χ4n) is 3.95. The molecule has 2 aliphatic heterocycles. The van der Waals surface area contributed by atoms with Crippen molar-refractivity contribution in [1.82, 2.24) is 20.2 Å². The molecule has 5 rings (SSSR count). The molecule has 30 heavy (non-hydrogen) atoms. The third kappa shape index (κ3) is 3.13. The number of benzene rings is 1. The number of hydrogen-bond acceptors (Lipinski definition) is 6. The Morgan fingerprint density at radius 1 is 1.20 bits per heavy atom. The van der Waals surface area contributed by atoms with Crippen molar-refractivity contribution in [3.05, 3.63) is 64.9 Å². The molecule has 0 bridgehead atoms. The van der Waals surface area contributed by atoms with Crippen LogP contribution in [0.2, 0.25) is 0 Å². The second kappa shape index (κ2) is 7.34. The van der Waals surface area contributed by atoms with E-state index in [2.05, 4.69) is 20.6 Å². The van der Waals surface area contributed by atoms with Crippen LogP contribution in [-0.2, 0) is 4.79 Å². The van der Waals surface area contributed by atoms with Crippen LogP contribution in [0.4, 0.5) is 5.69 Å². The molecular formula is C21H17N5O3S. The minimum atomic E-state index is -0.782. The van der Waals surface area contributed by atoms with Gasteiger partial charge in [-0.1, -0.05) is 6.07 Å². The van der Waals surface area contributed by atoms with Crippen molar-refractivity contribution >= 4 is 34.7 Å². The molecule has 3 aromatic rings. The van der Waals surface area contributed by atoms with Gasteiger partial charge in [0.05, 0.1) is 23.5 Å². The van der Waals surface area contributed by atoms with Crippen molar-refractivity contribution in [3.8, 4) is 11.1 Å². The number of fused-ring (bicyclic) bond motifs is 2. The van der Waals surface area contributed by atoms with Gasteiger partial charge in [-0.25, -0.2) is 4.98 Å². The van der Waals surface area contributed by atoms with Gasteiger partial charge in [-0.2, -0.15) is 11.3 Å². The maximum absolute atomic E-state index is 13.3. The van der Waals surface area contributed by atoms with Gasteiger partial charge in [-0.05, 0) is 46.5 Å². The van der Waals surface area contributed by atoms with Crippen LogP contribution in [0.25, 0.3) is 11.1 Å². The molecule has 150 valence electrons. The molecule has 0 aliphatic carbocycles. The monoisotopic (exact) mass is 419 g/mol. The Morgan fingerprint density at radius 2 is 2.10 bits per heavy atom. The molecule has 9 heteroatoms. The van der Waals surface area contributed by atoms with Gasteiger partial charge in [0.2, 0.25) is 5.91 Å². The number of rotatable bonds is 3. The molecule has 2 N–H and O–H groups in total. The van der Waals surface area contributed by atoms with Crippen molar-refractivity contribution in [1.29, 1.82) is 0 Å². The molecule has 3 amide bonds. The van der Waals surface area contributed by atoms with Crippen molar-refractivity contribution < 1.29 is 14.4 Å². The number of thiophene rings is 1. The molecule has 0 spiro atoms. The Kier molecular flexibility index (Phi) is 4.51. The van der Waals surface area contributed by atoms with Crippen LogP contribution in [0.3, 0.4) is 0 Å². The lowest BCUT2D eigenvalue weighted by Gasteiger charge is -2.24. The summed E-state index contributed by atoms with van der Waals surface area (Å²) >= 11 is 1.58. The van der Waals surface area contributed by atoms with Gasteiger partial charge >= 0.3 is 0 Å². The first-order chi connectivity index (χ1) is 14.6. The zero-order valence-corrected chi connectivity index (χ0v) is 16.6. The minimum absolute atomic E-state index is 0.167. The SMILES string of the molecule is O=C(NC1CCN2C(=O)c3cc(-c4ccsc4)ccc3NC(=O)C12)c1cnccn1. The van der Waals surface area contributed by atoms with E-state index < -0.39 is 18.0 Å². The summed E-state index contributed by atoms with van der Waals surface area (Å²) < 4.78 is 0. The molecule has 0 saturated carbocycles. The van der Waals surface area contributed by atoms with Gasteiger partial charge < -0.3 is 15.5 Å². The van der Waals surface area contributed by atoms with E-state index in [0.717, 1.165) is 11.1 Å². The molecule has 1 fully saturated rings. The average molecular weight is 419 g/mol. The van der Waals surface area contributed by atoms with Gasteiger partial charge in [0, 0.05) is 18.9 Å². The number of anilines is 1. The summed E-state index contributed by atoms with van der Waals surface area (Å²) in [5.74, 6) is -0.953. The van der Waals surface area contributed by atoms with Crippen molar-refractivity contribution in [2.45, 2.75) is 18.5 Å². The lowest BCUT2D eigenvalue weighted by molar-refractivity contribution is -0.120. The fraction of sp³-hybridized carbons (Fsp3) is 0.190. The first kappa shape index (κ1) is 18.4. The Morgan fingerprint density at radius 3 is 2.87 bits per heavy atom. The molecule has 0 radical (unpaired) electrons. The van der Waals surface area contributed by atoms with Crippen LogP contribution in [0.1, 0.15) is 27.3 Å². The second-order valence-electron chi connectivity index (χ2n) is 7.16. The summed E-state index contributed by atoms with van der Waals surface area (Å²) in [4.78, 5) is 48.2. The van der Waals surface area contributed by atoms with E-state index in [9.17, 15) is 14.4 Å². The van der Waals surface area contributed by atoms with Crippen molar-refractivity contribution in [2.75, 3.05) is 11.9 Å². The molecular weight excluding hydrogens is 402 g/mol. The summed E-state index contributed by atoms with van der Waals surface area (Å²) in [7, 11) is 0. The molecule has 8 nitrogen and oxygen atoms in total. The fourth-order valence-corrected chi connectivity index (χ4v) is 4.62. The van der Waals surface area contributed by atoms with Crippen LogP contribution in [0.5, 0.6) is 0 Å². The van der Waals surface area contributed by atoms with E-state index in [-0.39, 0.29) is 17.5 Å². The summed E-state index contributed by atoms with van der Waals surface area (Å²) in [5, 5.41) is 9.69. The quantitative estimate of drug-likeness (QED) is 0.677. The third-order valence-corrected chi connectivity index (χ3v) is 6.09. The Balaban J connectivity index is 1.43. The average Bonchev–Trinajstić information content (AvgIpc) is 3.42. The molecule has 2 unspecified atom stereocenters. The van der Waals surface area contributed by atoms with Gasteiger partial charge in [-0.15, -0.1) is 0 Å². The van der Waals surface area contributed by atoms with Crippen LogP contribution in [0, 0.1) is 0 Å². The van der Waals surface area contributed by atoms with Gasteiger partial charge in [-0.3, -0.25) is 19.4 Å². The Bertz CT molecular complexity index is 1130. The van der Waals surface area contributed by atoms with Crippen LogP contribution >= 0.6 is 11.3 Å². The van der Waals surface area contributed by atoms with E-state index in [1.807, 2.05) is 29.0 Å². The molecule has 2 atom stereocenters. The maximum Gasteiger partial charge on any atom is 0.271 e. The van der Waals surface area contributed by atoms with Gasteiger partial charge in [0.25, 0.3) is 11.8 Å². The smallest absolute Gasteiger partial charge is 0.271 e. The Labute approximate surface area is 176 Å². The van der Waals surface area contributed by atoms with Gasteiger partial charge in [0.15, 0.2) is 0 Å². The number of carbonyl (C=O) groups is 3. The third-order valence-electron chi connectivity index (χ3n) is 5.40. The van der Waals surface area contributed by atoms with Crippen LogP contribution < -0.4 is 10.6 Å². The van der Waals surface area contributed by atoms with E-state index >= 15 is 0 Å². The lowest BCUT2D eigenvalue weighted by Crippen LogP contribution is -2.51. The number of hydrogen-bond donors (Lipinski definition) is 2. The molecule has 2 aromatic heterocycles. The van der Waals surface area contributed by atoms with E-state index in [0.29, 0.717) is 24.2 Å². The lowest BCUT2D eigenvalue weighted by atomic mass is 10.0. The molecule has 4 heterocycles. The number of nitrogens with zero attached hydrogens (tertiary/aromatic N) is 3. The Hall–Kier alpha value is -3.59. The number of nitrogens with one attached hydrogen (secondary N) is 2. The minimum Gasteiger partial charge on any atom is -0.345 e. The highest BCUT2D eigenvalue weighted by Gasteiger charge is 2.45. The standard InChI is InChI=1S/C21H17N5O3S/c27-19(17-10-22-5-6-23-17)25-16-3-7-26-18(16)20(28)24-15-2-1-12(9-14(15)21(26)29)13-4-8-30-11-13/h1-2,4-6,8-11,16,18H,3,7H2,(H,24,28)(H,25,27). The predicted octanol–water partition coefficient (Wildman–Crippen LogP) is 2.17. The topological polar surface area (TPSA) is 104 Å². The van der Waals surface area contributed by atoms with Gasteiger partial charge in [0.1, 0.15) is 11.7 Å². The highest BCUT2D eigenvalue weighted by Crippen LogP contribution is 2.32. The molecule has 1 aromatic carbocycles.